The molecule has 0 spiro atoms. The summed E-state index contributed by atoms with van der Waals surface area (Å²) in [6, 6.07) is 8.37. The van der Waals surface area contributed by atoms with Gasteiger partial charge in [-0.1, -0.05) is 42.3 Å². The molecule has 2 amide bonds. The Kier molecular flexibility index (Phi) is 5.50. The smallest absolute Gasteiger partial charge is 0.447 e. The van der Waals surface area contributed by atoms with Gasteiger partial charge < -0.3 is 9.47 Å². The zero-order valence-corrected chi connectivity index (χ0v) is 10.2. The minimum absolute atomic E-state index is 0.195. The fraction of sp³-hybridized carbons (Fsp3) is 0.333. The van der Waals surface area contributed by atoms with E-state index in [4.69, 9.17) is 9.47 Å². The third-order valence-corrected chi connectivity index (χ3v) is 1.70. The van der Waals surface area contributed by atoms with Crippen LogP contribution in [0.25, 0.3) is 0 Å². The van der Waals surface area contributed by atoms with Crippen LogP contribution in [0, 0.1) is 5.92 Å². The van der Waals surface area contributed by atoms with Crippen molar-refractivity contribution < 1.29 is 19.1 Å². The van der Waals surface area contributed by atoms with Gasteiger partial charge in [-0.2, -0.15) is 0 Å². The lowest BCUT2D eigenvalue weighted by Gasteiger charge is -2.02. The number of ether oxygens (including phenoxy) is 2. The van der Waals surface area contributed by atoms with Crippen LogP contribution in [-0.2, 0) is 4.74 Å². The van der Waals surface area contributed by atoms with Crippen molar-refractivity contribution in [2.75, 3.05) is 6.61 Å². The second kappa shape index (κ2) is 7.16. The van der Waals surface area contributed by atoms with Crippen LogP contribution in [0.2, 0.25) is 0 Å². The number of para-hydroxylation sites is 1. The average molecular weight is 250 g/mol. The zero-order valence-electron chi connectivity index (χ0n) is 10.2. The van der Waals surface area contributed by atoms with Gasteiger partial charge in [0, 0.05) is 0 Å². The van der Waals surface area contributed by atoms with Crippen molar-refractivity contribution in [1.29, 1.82) is 0 Å². The molecule has 0 fully saturated rings. The van der Waals surface area contributed by atoms with Gasteiger partial charge in [0.05, 0.1) is 6.61 Å². The Bertz CT molecular complexity index is 429. The molecule has 0 radical (unpaired) electrons. The van der Waals surface area contributed by atoms with E-state index in [9.17, 15) is 9.59 Å². The summed E-state index contributed by atoms with van der Waals surface area (Å²) in [4.78, 5) is 22.2. The maximum atomic E-state index is 11.2. The van der Waals surface area contributed by atoms with E-state index < -0.39 is 12.2 Å². The molecule has 6 nitrogen and oxygen atoms in total. The largest absolute Gasteiger partial charge is 0.458 e. The van der Waals surface area contributed by atoms with E-state index in [1.807, 2.05) is 13.8 Å². The fourth-order valence-electron chi connectivity index (χ4n) is 0.958. The molecule has 1 aromatic carbocycles. The molecule has 0 atom stereocenters. The van der Waals surface area contributed by atoms with Gasteiger partial charge in [-0.15, -0.1) is 0 Å². The molecule has 6 heteroatoms. The van der Waals surface area contributed by atoms with Crippen LogP contribution in [0.3, 0.4) is 0 Å². The highest BCUT2D eigenvalue weighted by Gasteiger charge is 2.05. The molecule has 0 N–H and O–H groups in total. The number of rotatable bonds is 3. The summed E-state index contributed by atoms with van der Waals surface area (Å²) in [5.41, 5.74) is 0. The summed E-state index contributed by atoms with van der Waals surface area (Å²) in [6.45, 7) is 3.99. The van der Waals surface area contributed by atoms with E-state index in [2.05, 4.69) is 10.2 Å². The summed E-state index contributed by atoms with van der Waals surface area (Å²) >= 11 is 0. The molecule has 0 heterocycles. The Morgan fingerprint density at radius 2 is 1.72 bits per heavy atom. The first-order valence-electron chi connectivity index (χ1n) is 5.43. The van der Waals surface area contributed by atoms with Crippen LogP contribution in [0.4, 0.5) is 9.59 Å². The Balaban J connectivity index is 2.38. The first-order valence-corrected chi connectivity index (χ1v) is 5.43. The maximum absolute atomic E-state index is 11.2. The normalized spacial score (nSPS) is 10.6. The molecule has 0 bridgehead atoms. The summed E-state index contributed by atoms with van der Waals surface area (Å²) in [5, 5.41) is 6.17. The molecule has 1 aromatic rings. The highest BCUT2D eigenvalue weighted by Crippen LogP contribution is 2.09. The first kappa shape index (κ1) is 13.8. The number of carbonyl (C=O) groups is 2. The lowest BCUT2D eigenvalue weighted by molar-refractivity contribution is 0.141. The molecule has 96 valence electrons. The van der Waals surface area contributed by atoms with Crippen LogP contribution in [-0.4, -0.2) is 18.8 Å². The van der Waals surface area contributed by atoms with E-state index >= 15 is 0 Å². The summed E-state index contributed by atoms with van der Waals surface area (Å²) < 4.78 is 9.48. The molecule has 0 saturated heterocycles. The van der Waals surface area contributed by atoms with Crippen molar-refractivity contribution in [3.05, 3.63) is 30.3 Å². The van der Waals surface area contributed by atoms with Crippen LogP contribution in [0.5, 0.6) is 5.75 Å². The lowest BCUT2D eigenvalue weighted by Crippen LogP contribution is -2.07. The molecule has 0 saturated carbocycles. The van der Waals surface area contributed by atoms with Gasteiger partial charge in [0.2, 0.25) is 0 Å². The topological polar surface area (TPSA) is 77.3 Å². The molecular formula is C12H14N2O4. The number of benzene rings is 1. The number of azo groups is 1. The minimum Gasteiger partial charge on any atom is -0.447 e. The molecule has 0 aliphatic rings. The third kappa shape index (κ3) is 5.74. The summed E-state index contributed by atoms with van der Waals surface area (Å²) in [5.74, 6) is 0.525. The fourth-order valence-corrected chi connectivity index (χ4v) is 0.958. The monoisotopic (exact) mass is 250 g/mol. The van der Waals surface area contributed by atoms with Gasteiger partial charge in [-0.05, 0) is 18.1 Å². The first-order chi connectivity index (χ1) is 8.58. The van der Waals surface area contributed by atoms with Crippen LogP contribution in [0.15, 0.2) is 40.6 Å². The van der Waals surface area contributed by atoms with Crippen molar-refractivity contribution in [3.8, 4) is 5.75 Å². The minimum atomic E-state index is -0.970. The maximum Gasteiger partial charge on any atom is 0.458 e. The predicted molar refractivity (Wildman–Crippen MR) is 63.5 cm³/mol. The van der Waals surface area contributed by atoms with Crippen molar-refractivity contribution in [1.82, 2.24) is 0 Å². The van der Waals surface area contributed by atoms with Crippen LogP contribution >= 0.6 is 0 Å². The van der Waals surface area contributed by atoms with Gasteiger partial charge in [-0.3, -0.25) is 0 Å². The molecule has 0 aliphatic carbocycles. The number of hydrogen-bond donors (Lipinski definition) is 0. The van der Waals surface area contributed by atoms with Gasteiger partial charge in [0.25, 0.3) is 0 Å². The van der Waals surface area contributed by atoms with Crippen LogP contribution < -0.4 is 4.74 Å². The summed E-state index contributed by atoms with van der Waals surface area (Å²) in [7, 11) is 0. The van der Waals surface area contributed by atoms with Crippen molar-refractivity contribution in [3.63, 3.8) is 0 Å². The summed E-state index contributed by atoms with van der Waals surface area (Å²) in [6.07, 6.45) is -1.88. The molecule has 1 rings (SSSR count). The van der Waals surface area contributed by atoms with Crippen LogP contribution in [0.1, 0.15) is 13.8 Å². The van der Waals surface area contributed by atoms with Gasteiger partial charge >= 0.3 is 12.2 Å². The second-order valence-electron chi connectivity index (χ2n) is 3.85. The van der Waals surface area contributed by atoms with Gasteiger partial charge in [0.1, 0.15) is 5.75 Å². The number of nitrogens with zero attached hydrogens (tertiary/aromatic N) is 2. The van der Waals surface area contributed by atoms with Crippen molar-refractivity contribution in [2.24, 2.45) is 16.1 Å². The SMILES string of the molecule is CC(C)COC(=O)/N=N/C(=O)Oc1ccccc1. The number of amides is 2. The Labute approximate surface area is 105 Å². The standard InChI is InChI=1S/C12H14N2O4/c1-9(2)8-17-11(15)13-14-12(16)18-10-6-4-3-5-7-10/h3-7,9H,8H2,1-2H3/b14-13+. The third-order valence-electron chi connectivity index (χ3n) is 1.70. The highest BCUT2D eigenvalue weighted by molar-refractivity contribution is 5.74. The quantitative estimate of drug-likeness (QED) is 0.770. The van der Waals surface area contributed by atoms with E-state index in [1.165, 1.54) is 0 Å². The van der Waals surface area contributed by atoms with Crippen molar-refractivity contribution >= 4 is 12.2 Å². The Morgan fingerprint density at radius 3 is 2.33 bits per heavy atom. The Hall–Kier alpha value is -2.24. The molecule has 18 heavy (non-hydrogen) atoms. The predicted octanol–water partition coefficient (Wildman–Crippen LogP) is 3.43. The number of hydrogen-bond acceptors (Lipinski definition) is 4. The molecule has 0 aromatic heterocycles. The van der Waals surface area contributed by atoms with Crippen molar-refractivity contribution in [2.45, 2.75) is 13.8 Å². The zero-order chi connectivity index (χ0) is 13.4. The van der Waals surface area contributed by atoms with E-state index in [0.29, 0.717) is 5.75 Å². The van der Waals surface area contributed by atoms with Gasteiger partial charge in [-0.25, -0.2) is 9.59 Å². The van der Waals surface area contributed by atoms with E-state index in [-0.39, 0.29) is 12.5 Å². The van der Waals surface area contributed by atoms with Gasteiger partial charge in [0.15, 0.2) is 0 Å². The highest BCUT2D eigenvalue weighted by atomic mass is 16.6. The molecule has 0 unspecified atom stereocenters. The lowest BCUT2D eigenvalue weighted by atomic mass is 10.2. The van der Waals surface area contributed by atoms with E-state index in [1.54, 1.807) is 30.3 Å². The second-order valence-corrected chi connectivity index (χ2v) is 3.85. The van der Waals surface area contributed by atoms with E-state index in [0.717, 1.165) is 0 Å². The molecule has 0 aliphatic heterocycles. The number of carbonyl (C=O) groups excluding carboxylic acids is 2. The molecular weight excluding hydrogens is 236 g/mol. The average Bonchev–Trinajstić information content (AvgIpc) is 2.35. The Morgan fingerprint density at radius 1 is 1.11 bits per heavy atom.